The molecule has 44 heavy (non-hydrogen) atoms. The Morgan fingerprint density at radius 3 is 1.45 bits per heavy atom. The van der Waals surface area contributed by atoms with Gasteiger partial charge < -0.3 is 19.4 Å². The van der Waals surface area contributed by atoms with E-state index in [1.807, 2.05) is 0 Å². The summed E-state index contributed by atoms with van der Waals surface area (Å²) in [5.41, 5.74) is 10.1. The lowest BCUT2D eigenvalue weighted by Gasteiger charge is -2.19. The van der Waals surface area contributed by atoms with Gasteiger partial charge in [0.1, 0.15) is 11.0 Å². The standard InChI is InChI=1S/C38H38N4O2/c1-5-7-19-43-37-29-15-17-31(27-13-9-11-25-23(3)21-39-33(25)27)41-35(29)36-30(38(37)44-20-8-6-2)16-18-32(42-36)28-14-10-12-26-24(4)22-40-34(26)28/h9-18,21-22,39-40H,5-8,19-20H2,1-4H3. The Labute approximate surface area is 257 Å². The van der Waals surface area contributed by atoms with E-state index in [0.717, 1.165) is 92.5 Å². The Morgan fingerprint density at radius 1 is 0.568 bits per heavy atom. The summed E-state index contributed by atoms with van der Waals surface area (Å²) >= 11 is 0. The van der Waals surface area contributed by atoms with Gasteiger partial charge in [0, 0.05) is 45.1 Å². The summed E-state index contributed by atoms with van der Waals surface area (Å²) in [4.78, 5) is 17.6. The molecule has 0 saturated heterocycles. The average Bonchev–Trinajstić information content (AvgIpc) is 3.63. The van der Waals surface area contributed by atoms with Crippen molar-refractivity contribution < 1.29 is 9.47 Å². The zero-order valence-corrected chi connectivity index (χ0v) is 25.9. The van der Waals surface area contributed by atoms with Crippen molar-refractivity contribution in [2.45, 2.75) is 53.4 Å². The third kappa shape index (κ3) is 4.75. The third-order valence-electron chi connectivity index (χ3n) is 8.60. The van der Waals surface area contributed by atoms with Gasteiger partial charge in [0.2, 0.25) is 0 Å². The van der Waals surface area contributed by atoms with E-state index in [2.05, 4.69) is 111 Å². The number of nitrogens with one attached hydrogen (secondary N) is 2. The van der Waals surface area contributed by atoms with Crippen molar-refractivity contribution >= 4 is 43.6 Å². The summed E-state index contributed by atoms with van der Waals surface area (Å²) in [6.07, 6.45) is 8.14. The van der Waals surface area contributed by atoms with Crippen molar-refractivity contribution in [3.8, 4) is 34.0 Å². The van der Waals surface area contributed by atoms with E-state index in [1.165, 1.54) is 21.9 Å². The molecule has 0 unspecified atom stereocenters. The predicted molar refractivity (Wildman–Crippen MR) is 182 cm³/mol. The van der Waals surface area contributed by atoms with E-state index < -0.39 is 0 Å². The van der Waals surface area contributed by atoms with E-state index in [4.69, 9.17) is 19.4 Å². The van der Waals surface area contributed by atoms with E-state index >= 15 is 0 Å². The summed E-state index contributed by atoms with van der Waals surface area (Å²) in [5, 5.41) is 4.23. The number of ether oxygens (including phenoxy) is 2. The van der Waals surface area contributed by atoms with Crippen LogP contribution in [0.15, 0.2) is 73.1 Å². The number of unbranched alkanes of at least 4 members (excludes halogenated alkanes) is 2. The van der Waals surface area contributed by atoms with Crippen LogP contribution in [0.2, 0.25) is 0 Å². The van der Waals surface area contributed by atoms with Crippen molar-refractivity contribution in [2.24, 2.45) is 0 Å². The van der Waals surface area contributed by atoms with Crippen LogP contribution in [0.5, 0.6) is 11.5 Å². The maximum absolute atomic E-state index is 6.52. The monoisotopic (exact) mass is 582 g/mol. The van der Waals surface area contributed by atoms with Crippen molar-refractivity contribution in [3.63, 3.8) is 0 Å². The summed E-state index contributed by atoms with van der Waals surface area (Å²) < 4.78 is 13.0. The topological polar surface area (TPSA) is 75.8 Å². The minimum atomic E-state index is 0.615. The molecule has 3 aromatic carbocycles. The van der Waals surface area contributed by atoms with Crippen molar-refractivity contribution in [2.75, 3.05) is 13.2 Å². The molecule has 6 nitrogen and oxygen atoms in total. The molecule has 0 aliphatic heterocycles. The SMILES string of the molecule is CCCCOc1c(OCCCC)c2ccc(-c3cccc4c(C)c[nH]c34)nc2c2nc(-c3cccc4c(C)c[nH]c34)ccc12. The Hall–Kier alpha value is -4.84. The van der Waals surface area contributed by atoms with Gasteiger partial charge in [-0.25, -0.2) is 9.97 Å². The minimum absolute atomic E-state index is 0.615. The molecule has 0 aliphatic carbocycles. The maximum Gasteiger partial charge on any atom is 0.171 e. The van der Waals surface area contributed by atoms with Crippen LogP contribution in [0.25, 0.3) is 66.1 Å². The third-order valence-corrected chi connectivity index (χ3v) is 8.60. The molecular weight excluding hydrogens is 544 g/mol. The quantitative estimate of drug-likeness (QED) is 0.124. The van der Waals surface area contributed by atoms with Gasteiger partial charge in [-0.1, -0.05) is 63.1 Å². The molecule has 0 aliphatic rings. The number of aromatic nitrogens is 4. The highest BCUT2D eigenvalue weighted by atomic mass is 16.5. The lowest BCUT2D eigenvalue weighted by molar-refractivity contribution is 0.267. The first-order valence-electron chi connectivity index (χ1n) is 15.8. The van der Waals surface area contributed by atoms with Gasteiger partial charge >= 0.3 is 0 Å². The molecule has 0 radical (unpaired) electrons. The second-order valence-corrected chi connectivity index (χ2v) is 11.6. The van der Waals surface area contributed by atoms with Gasteiger partial charge in [-0.3, -0.25) is 0 Å². The van der Waals surface area contributed by atoms with E-state index in [0.29, 0.717) is 13.2 Å². The Bertz CT molecular complexity index is 1990. The molecular formula is C38H38N4O2. The van der Waals surface area contributed by atoms with Gasteiger partial charge in [-0.05, 0) is 62.1 Å². The van der Waals surface area contributed by atoms with Crippen LogP contribution in [0.3, 0.4) is 0 Å². The molecule has 4 aromatic heterocycles. The highest BCUT2D eigenvalue weighted by Crippen LogP contribution is 2.45. The molecule has 222 valence electrons. The van der Waals surface area contributed by atoms with Crippen LogP contribution in [-0.2, 0) is 0 Å². The summed E-state index contributed by atoms with van der Waals surface area (Å²) in [6, 6.07) is 21.2. The fourth-order valence-corrected chi connectivity index (χ4v) is 6.13. The largest absolute Gasteiger partial charge is 0.489 e. The number of benzene rings is 3. The number of hydrogen-bond acceptors (Lipinski definition) is 4. The lowest BCUT2D eigenvalue weighted by atomic mass is 10.0. The minimum Gasteiger partial charge on any atom is -0.489 e. The highest BCUT2D eigenvalue weighted by molar-refractivity contribution is 6.12. The van der Waals surface area contributed by atoms with Crippen molar-refractivity contribution in [1.82, 2.24) is 19.9 Å². The van der Waals surface area contributed by atoms with Crippen LogP contribution in [0, 0.1) is 13.8 Å². The van der Waals surface area contributed by atoms with Gasteiger partial charge in [-0.2, -0.15) is 0 Å². The van der Waals surface area contributed by atoms with Crippen LogP contribution in [-0.4, -0.2) is 33.1 Å². The van der Waals surface area contributed by atoms with E-state index in [-0.39, 0.29) is 0 Å². The molecule has 0 bridgehead atoms. The number of fused-ring (bicyclic) bond motifs is 5. The molecule has 0 spiro atoms. The summed E-state index contributed by atoms with van der Waals surface area (Å²) in [7, 11) is 0. The van der Waals surface area contributed by atoms with Crippen molar-refractivity contribution in [3.05, 3.63) is 84.2 Å². The molecule has 0 saturated carbocycles. The first kappa shape index (κ1) is 28.0. The molecule has 2 N–H and O–H groups in total. The zero-order valence-electron chi connectivity index (χ0n) is 25.9. The number of nitrogens with zero attached hydrogens (tertiary/aromatic N) is 2. The van der Waals surface area contributed by atoms with Crippen LogP contribution in [0.4, 0.5) is 0 Å². The Balaban J connectivity index is 1.51. The zero-order chi connectivity index (χ0) is 30.2. The number of H-pyrrole nitrogens is 2. The number of aromatic amines is 2. The average molecular weight is 583 g/mol. The van der Waals surface area contributed by atoms with Gasteiger partial charge in [0.15, 0.2) is 11.5 Å². The second-order valence-electron chi connectivity index (χ2n) is 11.6. The molecule has 7 rings (SSSR count). The molecule has 6 heteroatoms. The Kier molecular flexibility index (Phi) is 7.42. The van der Waals surface area contributed by atoms with E-state index in [9.17, 15) is 0 Å². The number of hydrogen-bond donors (Lipinski definition) is 2. The number of rotatable bonds is 10. The fraction of sp³-hybridized carbons (Fsp3) is 0.263. The number of para-hydroxylation sites is 2. The molecule has 0 fully saturated rings. The molecule has 0 atom stereocenters. The number of pyridine rings is 2. The smallest absolute Gasteiger partial charge is 0.171 e. The molecule has 7 aromatic rings. The number of aryl methyl sites for hydroxylation is 2. The Morgan fingerprint density at radius 2 is 1.02 bits per heavy atom. The predicted octanol–water partition coefficient (Wildman–Crippen LogP) is 10.1. The lowest BCUT2D eigenvalue weighted by Crippen LogP contribution is -2.05. The first-order valence-corrected chi connectivity index (χ1v) is 15.8. The first-order chi connectivity index (χ1) is 21.6. The highest BCUT2D eigenvalue weighted by Gasteiger charge is 2.22. The summed E-state index contributed by atoms with van der Waals surface area (Å²) in [5.74, 6) is 1.50. The van der Waals surface area contributed by atoms with Gasteiger partial charge in [0.25, 0.3) is 0 Å². The molecule has 4 heterocycles. The summed E-state index contributed by atoms with van der Waals surface area (Å²) in [6.45, 7) is 9.83. The fourth-order valence-electron chi connectivity index (χ4n) is 6.13. The van der Waals surface area contributed by atoms with Crippen LogP contribution in [0.1, 0.15) is 50.7 Å². The van der Waals surface area contributed by atoms with Crippen LogP contribution < -0.4 is 9.47 Å². The normalized spacial score (nSPS) is 11.7. The van der Waals surface area contributed by atoms with Crippen molar-refractivity contribution in [1.29, 1.82) is 0 Å². The second kappa shape index (κ2) is 11.7. The maximum atomic E-state index is 6.52. The molecule has 0 amide bonds. The van der Waals surface area contributed by atoms with E-state index in [1.54, 1.807) is 0 Å². The van der Waals surface area contributed by atoms with Crippen LogP contribution >= 0.6 is 0 Å². The van der Waals surface area contributed by atoms with Gasteiger partial charge in [0.05, 0.1) is 35.6 Å². The van der Waals surface area contributed by atoms with Gasteiger partial charge in [-0.15, -0.1) is 0 Å².